The van der Waals surface area contributed by atoms with Crippen molar-refractivity contribution in [3.8, 4) is 6.07 Å². The van der Waals surface area contributed by atoms with Crippen LogP contribution in [0.1, 0.15) is 62.4 Å². The molecule has 0 N–H and O–H groups in total. The molecule has 0 aromatic carbocycles. The fraction of sp³-hybridized carbons (Fsp3) is 0.778. The van der Waals surface area contributed by atoms with Crippen LogP contribution in [-0.2, 0) is 0 Å². The minimum atomic E-state index is 0.462. The average Bonchev–Trinajstić information content (AvgIpc) is 3.36. The van der Waals surface area contributed by atoms with Crippen LogP contribution in [0.2, 0.25) is 0 Å². The van der Waals surface area contributed by atoms with Gasteiger partial charge < -0.3 is 9.32 Å². The summed E-state index contributed by atoms with van der Waals surface area (Å²) in [4.78, 5) is 9.21. The van der Waals surface area contributed by atoms with Crippen molar-refractivity contribution in [1.82, 2.24) is 9.88 Å². The molecule has 124 valence electrons. The second kappa shape index (κ2) is 6.52. The summed E-state index contributed by atoms with van der Waals surface area (Å²) in [7, 11) is 0. The normalized spacial score (nSPS) is 23.9. The molecule has 2 aliphatic carbocycles. The maximum atomic E-state index is 9.32. The van der Waals surface area contributed by atoms with Gasteiger partial charge in [-0.2, -0.15) is 5.26 Å². The van der Waals surface area contributed by atoms with E-state index in [9.17, 15) is 5.26 Å². The Kier molecular flexibility index (Phi) is 4.26. The van der Waals surface area contributed by atoms with Crippen molar-refractivity contribution < 1.29 is 4.42 Å². The van der Waals surface area contributed by atoms with Gasteiger partial charge in [0, 0.05) is 38.6 Å². The lowest BCUT2D eigenvalue weighted by Crippen LogP contribution is -2.48. The molecule has 5 nitrogen and oxygen atoms in total. The standard InChI is InChI=1S/C18H26N4O/c19-12-16-18(23-17(20-16)15-6-7-15)22-10-8-21(9-11-22)13-14-4-2-1-3-5-14/h14-15H,1-11,13H2. The zero-order chi connectivity index (χ0) is 15.6. The summed E-state index contributed by atoms with van der Waals surface area (Å²) in [6.07, 6.45) is 9.38. The second-order valence-corrected chi connectivity index (χ2v) is 7.38. The Hall–Kier alpha value is -1.54. The molecule has 1 aromatic rings. The molecule has 2 heterocycles. The van der Waals surface area contributed by atoms with Gasteiger partial charge in [-0.05, 0) is 31.6 Å². The number of piperazine rings is 1. The van der Waals surface area contributed by atoms with E-state index in [4.69, 9.17) is 4.42 Å². The van der Waals surface area contributed by atoms with Gasteiger partial charge in [-0.1, -0.05) is 19.3 Å². The van der Waals surface area contributed by atoms with Gasteiger partial charge in [-0.15, -0.1) is 0 Å². The summed E-state index contributed by atoms with van der Waals surface area (Å²) < 4.78 is 5.93. The SMILES string of the molecule is N#Cc1nc(C2CC2)oc1N1CCN(CC2CCCCC2)CC1. The van der Waals surface area contributed by atoms with Crippen LogP contribution in [0.3, 0.4) is 0 Å². The van der Waals surface area contributed by atoms with Crippen LogP contribution in [0.4, 0.5) is 5.88 Å². The van der Waals surface area contributed by atoms with Gasteiger partial charge in [0.1, 0.15) is 6.07 Å². The molecule has 3 fully saturated rings. The number of nitriles is 1. The van der Waals surface area contributed by atoms with Crippen LogP contribution < -0.4 is 4.90 Å². The summed E-state index contributed by atoms with van der Waals surface area (Å²) >= 11 is 0. The Bertz CT molecular complexity index is 572. The highest BCUT2D eigenvalue weighted by molar-refractivity contribution is 5.48. The smallest absolute Gasteiger partial charge is 0.234 e. The number of aromatic nitrogens is 1. The molecule has 1 aromatic heterocycles. The van der Waals surface area contributed by atoms with E-state index in [0.29, 0.717) is 17.5 Å². The van der Waals surface area contributed by atoms with Gasteiger partial charge in [-0.25, -0.2) is 4.98 Å². The summed E-state index contributed by atoms with van der Waals surface area (Å²) in [5, 5.41) is 9.32. The highest BCUT2D eigenvalue weighted by Gasteiger charge is 2.32. The zero-order valence-electron chi connectivity index (χ0n) is 13.8. The number of hydrogen-bond donors (Lipinski definition) is 0. The Labute approximate surface area is 138 Å². The number of oxazole rings is 1. The number of rotatable bonds is 4. The van der Waals surface area contributed by atoms with Crippen molar-refractivity contribution in [2.75, 3.05) is 37.6 Å². The van der Waals surface area contributed by atoms with Gasteiger partial charge >= 0.3 is 0 Å². The number of nitrogens with zero attached hydrogens (tertiary/aromatic N) is 4. The molecule has 23 heavy (non-hydrogen) atoms. The largest absolute Gasteiger partial charge is 0.423 e. The molecular weight excluding hydrogens is 288 g/mol. The third kappa shape index (κ3) is 3.37. The van der Waals surface area contributed by atoms with E-state index in [1.807, 2.05) is 0 Å². The fourth-order valence-corrected chi connectivity index (χ4v) is 3.99. The molecule has 1 aliphatic heterocycles. The zero-order valence-corrected chi connectivity index (χ0v) is 13.8. The third-order valence-electron chi connectivity index (χ3n) is 5.56. The van der Waals surface area contributed by atoms with Crippen LogP contribution in [0.5, 0.6) is 0 Å². The Morgan fingerprint density at radius 3 is 2.43 bits per heavy atom. The molecule has 0 bridgehead atoms. The Balaban J connectivity index is 1.35. The highest BCUT2D eigenvalue weighted by Crippen LogP contribution is 2.41. The number of hydrogen-bond acceptors (Lipinski definition) is 5. The van der Waals surface area contributed by atoms with E-state index in [0.717, 1.165) is 50.8 Å². The maximum Gasteiger partial charge on any atom is 0.234 e. The third-order valence-corrected chi connectivity index (χ3v) is 5.56. The lowest BCUT2D eigenvalue weighted by molar-refractivity contribution is 0.190. The molecular formula is C18H26N4O. The first-order valence-corrected chi connectivity index (χ1v) is 9.21. The lowest BCUT2D eigenvalue weighted by Gasteiger charge is -2.37. The van der Waals surface area contributed by atoms with E-state index in [-0.39, 0.29) is 0 Å². The fourth-order valence-electron chi connectivity index (χ4n) is 3.99. The average molecular weight is 314 g/mol. The predicted molar refractivity (Wildman–Crippen MR) is 88.4 cm³/mol. The first-order chi connectivity index (χ1) is 11.3. The molecule has 5 heteroatoms. The molecule has 0 amide bonds. The van der Waals surface area contributed by atoms with Crippen molar-refractivity contribution in [1.29, 1.82) is 5.26 Å². The van der Waals surface area contributed by atoms with E-state index < -0.39 is 0 Å². The van der Waals surface area contributed by atoms with Crippen LogP contribution in [0.25, 0.3) is 0 Å². The first kappa shape index (κ1) is 15.0. The van der Waals surface area contributed by atoms with Gasteiger partial charge in [-0.3, -0.25) is 4.90 Å². The second-order valence-electron chi connectivity index (χ2n) is 7.38. The van der Waals surface area contributed by atoms with E-state index in [1.165, 1.54) is 38.6 Å². The topological polar surface area (TPSA) is 56.3 Å². The Morgan fingerprint density at radius 1 is 1.04 bits per heavy atom. The van der Waals surface area contributed by atoms with Crippen LogP contribution >= 0.6 is 0 Å². The van der Waals surface area contributed by atoms with Crippen molar-refractivity contribution in [3.63, 3.8) is 0 Å². The lowest BCUT2D eigenvalue weighted by atomic mass is 9.89. The monoisotopic (exact) mass is 314 g/mol. The van der Waals surface area contributed by atoms with Crippen molar-refractivity contribution >= 4 is 5.88 Å². The van der Waals surface area contributed by atoms with Crippen LogP contribution in [0.15, 0.2) is 4.42 Å². The quantitative estimate of drug-likeness (QED) is 0.854. The molecule has 0 spiro atoms. The highest BCUT2D eigenvalue weighted by atomic mass is 16.4. The van der Waals surface area contributed by atoms with E-state index in [2.05, 4.69) is 20.9 Å². The van der Waals surface area contributed by atoms with Crippen LogP contribution in [0, 0.1) is 17.2 Å². The van der Waals surface area contributed by atoms with Crippen molar-refractivity contribution in [2.45, 2.75) is 50.9 Å². The van der Waals surface area contributed by atoms with E-state index in [1.54, 1.807) is 0 Å². The van der Waals surface area contributed by atoms with Gasteiger partial charge in [0.05, 0.1) is 0 Å². The molecule has 0 unspecified atom stereocenters. The predicted octanol–water partition coefficient (Wildman–Crippen LogP) is 3.13. The van der Waals surface area contributed by atoms with E-state index >= 15 is 0 Å². The first-order valence-electron chi connectivity index (χ1n) is 9.21. The summed E-state index contributed by atoms with van der Waals surface area (Å²) in [5.74, 6) is 2.85. The summed E-state index contributed by atoms with van der Waals surface area (Å²) in [6.45, 7) is 5.28. The molecule has 0 atom stereocenters. The van der Waals surface area contributed by atoms with Crippen molar-refractivity contribution in [3.05, 3.63) is 11.6 Å². The molecule has 3 aliphatic rings. The summed E-state index contributed by atoms with van der Waals surface area (Å²) in [5.41, 5.74) is 0.479. The molecule has 4 rings (SSSR count). The minimum absolute atomic E-state index is 0.462. The molecule has 1 saturated heterocycles. The summed E-state index contributed by atoms with van der Waals surface area (Å²) in [6, 6.07) is 2.21. The van der Waals surface area contributed by atoms with Gasteiger partial charge in [0.15, 0.2) is 0 Å². The van der Waals surface area contributed by atoms with Crippen LogP contribution in [-0.4, -0.2) is 42.6 Å². The molecule has 0 radical (unpaired) electrons. The Morgan fingerprint density at radius 2 is 1.78 bits per heavy atom. The maximum absolute atomic E-state index is 9.32. The molecule has 2 saturated carbocycles. The van der Waals surface area contributed by atoms with Crippen molar-refractivity contribution in [2.24, 2.45) is 5.92 Å². The van der Waals surface area contributed by atoms with Gasteiger partial charge in [0.2, 0.25) is 17.5 Å². The number of anilines is 1. The van der Waals surface area contributed by atoms with Gasteiger partial charge in [0.25, 0.3) is 0 Å². The minimum Gasteiger partial charge on any atom is -0.423 e.